The number of likely N-dealkylation sites (N-methyl/N-ethyl adjacent to an activating group) is 1. The van der Waals surface area contributed by atoms with E-state index in [1.54, 1.807) is 12.1 Å². The number of rotatable bonds is 4. The largest absolute Gasteiger partial charge is 0.313 e. The average Bonchev–Trinajstić information content (AvgIpc) is 2.38. The molecule has 20 heavy (non-hydrogen) atoms. The van der Waals surface area contributed by atoms with Crippen molar-refractivity contribution in [1.29, 1.82) is 0 Å². The summed E-state index contributed by atoms with van der Waals surface area (Å²) in [6, 6.07) is 10.7. The molecular formula is C16H16Cl2FN. The zero-order valence-corrected chi connectivity index (χ0v) is 12.9. The van der Waals surface area contributed by atoms with E-state index in [0.29, 0.717) is 10.0 Å². The number of hydrogen-bond acceptors (Lipinski definition) is 1. The molecule has 0 amide bonds. The van der Waals surface area contributed by atoms with Crippen LogP contribution in [0.5, 0.6) is 0 Å². The molecule has 1 atom stereocenters. The van der Waals surface area contributed by atoms with Crippen LogP contribution in [0, 0.1) is 12.7 Å². The van der Waals surface area contributed by atoms with E-state index >= 15 is 0 Å². The van der Waals surface area contributed by atoms with Crippen molar-refractivity contribution in [2.24, 2.45) is 0 Å². The van der Waals surface area contributed by atoms with Gasteiger partial charge in [-0.1, -0.05) is 35.3 Å². The Bertz CT molecular complexity index is 593. The molecular weight excluding hydrogens is 296 g/mol. The van der Waals surface area contributed by atoms with Crippen molar-refractivity contribution in [1.82, 2.24) is 5.32 Å². The Morgan fingerprint density at radius 1 is 1.10 bits per heavy atom. The average molecular weight is 312 g/mol. The van der Waals surface area contributed by atoms with Crippen molar-refractivity contribution in [3.63, 3.8) is 0 Å². The van der Waals surface area contributed by atoms with E-state index in [-0.39, 0.29) is 11.9 Å². The minimum absolute atomic E-state index is 0.0293. The van der Waals surface area contributed by atoms with Crippen LogP contribution >= 0.6 is 23.2 Å². The van der Waals surface area contributed by atoms with Gasteiger partial charge in [0.2, 0.25) is 0 Å². The molecule has 0 radical (unpaired) electrons. The van der Waals surface area contributed by atoms with Crippen LogP contribution in [-0.4, -0.2) is 7.05 Å². The predicted molar refractivity (Wildman–Crippen MR) is 83.1 cm³/mol. The van der Waals surface area contributed by atoms with Gasteiger partial charge in [-0.15, -0.1) is 0 Å². The summed E-state index contributed by atoms with van der Waals surface area (Å²) < 4.78 is 13.5. The van der Waals surface area contributed by atoms with Crippen LogP contribution in [0.15, 0.2) is 36.4 Å². The van der Waals surface area contributed by atoms with E-state index in [9.17, 15) is 4.39 Å². The maximum absolute atomic E-state index is 13.5. The number of hydrogen-bond donors (Lipinski definition) is 1. The Kier molecular flexibility index (Phi) is 5.03. The lowest BCUT2D eigenvalue weighted by atomic mass is 9.97. The zero-order valence-electron chi connectivity index (χ0n) is 11.4. The second-order valence-electron chi connectivity index (χ2n) is 4.86. The lowest BCUT2D eigenvalue weighted by Gasteiger charge is -2.18. The molecule has 2 aromatic rings. The first-order valence-electron chi connectivity index (χ1n) is 6.38. The molecule has 0 aliphatic heterocycles. The van der Waals surface area contributed by atoms with Crippen LogP contribution in [0.1, 0.15) is 22.7 Å². The van der Waals surface area contributed by atoms with Gasteiger partial charge in [0.1, 0.15) is 5.82 Å². The van der Waals surface area contributed by atoms with Crippen molar-refractivity contribution in [3.8, 4) is 0 Å². The van der Waals surface area contributed by atoms with Crippen molar-refractivity contribution in [2.75, 3.05) is 7.05 Å². The molecule has 0 aliphatic rings. The molecule has 0 saturated carbocycles. The smallest absolute Gasteiger partial charge is 0.123 e. The van der Waals surface area contributed by atoms with Crippen LogP contribution in [0.2, 0.25) is 10.0 Å². The van der Waals surface area contributed by atoms with E-state index in [0.717, 1.165) is 23.1 Å². The topological polar surface area (TPSA) is 12.0 Å². The molecule has 0 spiro atoms. The Morgan fingerprint density at radius 2 is 1.85 bits per heavy atom. The highest BCUT2D eigenvalue weighted by molar-refractivity contribution is 6.42. The van der Waals surface area contributed by atoms with Gasteiger partial charge in [0.05, 0.1) is 10.0 Å². The Hall–Kier alpha value is -1.09. The second-order valence-corrected chi connectivity index (χ2v) is 5.67. The van der Waals surface area contributed by atoms with Gasteiger partial charge in [-0.3, -0.25) is 0 Å². The molecule has 0 heterocycles. The van der Waals surface area contributed by atoms with Crippen molar-refractivity contribution >= 4 is 23.2 Å². The maximum Gasteiger partial charge on any atom is 0.123 e. The molecule has 1 N–H and O–H groups in total. The third-order valence-electron chi connectivity index (χ3n) is 3.24. The van der Waals surface area contributed by atoms with Gasteiger partial charge in [-0.05, 0) is 61.3 Å². The fraction of sp³-hybridized carbons (Fsp3) is 0.250. The van der Waals surface area contributed by atoms with Gasteiger partial charge in [0, 0.05) is 6.04 Å². The lowest BCUT2D eigenvalue weighted by molar-refractivity contribution is 0.576. The van der Waals surface area contributed by atoms with Gasteiger partial charge in [0.25, 0.3) is 0 Å². The van der Waals surface area contributed by atoms with Crippen LogP contribution in [-0.2, 0) is 6.42 Å². The highest BCUT2D eigenvalue weighted by Gasteiger charge is 2.12. The van der Waals surface area contributed by atoms with E-state index < -0.39 is 0 Å². The Balaban J connectivity index is 2.26. The summed E-state index contributed by atoms with van der Waals surface area (Å²) in [6.07, 6.45) is 0.719. The second kappa shape index (κ2) is 6.57. The summed E-state index contributed by atoms with van der Waals surface area (Å²) in [7, 11) is 1.86. The van der Waals surface area contributed by atoms with Gasteiger partial charge in [0.15, 0.2) is 0 Å². The first-order valence-corrected chi connectivity index (χ1v) is 7.13. The third kappa shape index (κ3) is 3.72. The van der Waals surface area contributed by atoms with E-state index in [1.165, 1.54) is 6.07 Å². The number of aryl methyl sites for hydroxylation is 1. The molecule has 1 unspecified atom stereocenters. The first kappa shape index (κ1) is 15.3. The molecule has 4 heteroatoms. The number of benzene rings is 2. The SMILES string of the molecule is CNC(Cc1ccc(Cl)c(Cl)c1)c1cc(C)cc(F)c1. The summed E-state index contributed by atoms with van der Waals surface area (Å²) >= 11 is 11.9. The Morgan fingerprint density at radius 3 is 2.45 bits per heavy atom. The summed E-state index contributed by atoms with van der Waals surface area (Å²) in [5, 5.41) is 4.29. The molecule has 106 valence electrons. The molecule has 2 aromatic carbocycles. The quantitative estimate of drug-likeness (QED) is 0.843. The van der Waals surface area contributed by atoms with E-state index in [1.807, 2.05) is 32.2 Å². The zero-order chi connectivity index (χ0) is 14.7. The minimum Gasteiger partial charge on any atom is -0.313 e. The van der Waals surface area contributed by atoms with Crippen LogP contribution in [0.25, 0.3) is 0 Å². The van der Waals surface area contributed by atoms with Crippen molar-refractivity contribution in [3.05, 3.63) is 69.0 Å². The molecule has 1 nitrogen and oxygen atoms in total. The summed E-state index contributed by atoms with van der Waals surface area (Å²) in [6.45, 7) is 1.89. The maximum atomic E-state index is 13.5. The molecule has 0 bridgehead atoms. The van der Waals surface area contributed by atoms with E-state index in [2.05, 4.69) is 5.32 Å². The molecule has 0 aliphatic carbocycles. The molecule has 0 saturated heterocycles. The minimum atomic E-state index is -0.214. The van der Waals surface area contributed by atoms with Gasteiger partial charge >= 0.3 is 0 Å². The van der Waals surface area contributed by atoms with Crippen LogP contribution in [0.3, 0.4) is 0 Å². The van der Waals surface area contributed by atoms with E-state index in [4.69, 9.17) is 23.2 Å². The van der Waals surface area contributed by atoms with Crippen LogP contribution < -0.4 is 5.32 Å². The molecule has 0 aromatic heterocycles. The third-order valence-corrected chi connectivity index (χ3v) is 3.98. The standard InChI is InChI=1S/C16H16Cl2FN/c1-10-5-12(9-13(19)6-10)16(20-2)8-11-3-4-14(17)15(18)7-11/h3-7,9,16,20H,8H2,1-2H3. The predicted octanol–water partition coefficient (Wildman–Crippen LogP) is 4.94. The fourth-order valence-electron chi connectivity index (χ4n) is 2.25. The summed E-state index contributed by atoms with van der Waals surface area (Å²) in [5.41, 5.74) is 2.89. The fourth-order valence-corrected chi connectivity index (χ4v) is 2.58. The highest BCUT2D eigenvalue weighted by Crippen LogP contribution is 2.26. The summed E-state index contributed by atoms with van der Waals surface area (Å²) in [5.74, 6) is -0.214. The summed E-state index contributed by atoms with van der Waals surface area (Å²) in [4.78, 5) is 0. The first-order chi connectivity index (χ1) is 9.49. The van der Waals surface area contributed by atoms with Crippen molar-refractivity contribution in [2.45, 2.75) is 19.4 Å². The Labute approximate surface area is 128 Å². The van der Waals surface area contributed by atoms with Crippen molar-refractivity contribution < 1.29 is 4.39 Å². The lowest BCUT2D eigenvalue weighted by Crippen LogP contribution is -2.19. The molecule has 2 rings (SSSR count). The molecule has 0 fully saturated rings. The number of halogens is 3. The highest BCUT2D eigenvalue weighted by atomic mass is 35.5. The van der Waals surface area contributed by atoms with Gasteiger partial charge in [-0.25, -0.2) is 4.39 Å². The normalized spacial score (nSPS) is 12.4. The van der Waals surface area contributed by atoms with Crippen LogP contribution in [0.4, 0.5) is 4.39 Å². The monoisotopic (exact) mass is 311 g/mol. The van der Waals surface area contributed by atoms with Gasteiger partial charge < -0.3 is 5.32 Å². The number of nitrogens with one attached hydrogen (secondary N) is 1. The van der Waals surface area contributed by atoms with Gasteiger partial charge in [-0.2, -0.15) is 0 Å².